The SMILES string of the molecule is CS(=O)(=O)c1ccc(Cl)c(C2CC(C(=O)O)CN2)c1. The molecule has 0 amide bonds. The van der Waals surface area contributed by atoms with Gasteiger partial charge in [0.2, 0.25) is 0 Å². The third-order valence-electron chi connectivity index (χ3n) is 3.25. The van der Waals surface area contributed by atoms with Crippen molar-refractivity contribution in [3.63, 3.8) is 0 Å². The zero-order valence-electron chi connectivity index (χ0n) is 10.3. The van der Waals surface area contributed by atoms with Crippen LogP contribution in [0.3, 0.4) is 0 Å². The van der Waals surface area contributed by atoms with Crippen molar-refractivity contribution in [3.05, 3.63) is 28.8 Å². The molecule has 0 spiro atoms. The molecule has 0 saturated carbocycles. The van der Waals surface area contributed by atoms with E-state index >= 15 is 0 Å². The number of aliphatic carboxylic acids is 1. The number of hydrogen-bond acceptors (Lipinski definition) is 4. The van der Waals surface area contributed by atoms with Crippen LogP contribution in [0, 0.1) is 5.92 Å². The van der Waals surface area contributed by atoms with Gasteiger partial charge in [-0.05, 0) is 30.2 Å². The summed E-state index contributed by atoms with van der Waals surface area (Å²) >= 11 is 6.07. The summed E-state index contributed by atoms with van der Waals surface area (Å²) in [5, 5.41) is 12.5. The molecule has 0 aliphatic carbocycles. The lowest BCUT2D eigenvalue weighted by molar-refractivity contribution is -0.141. The molecule has 2 unspecified atom stereocenters. The van der Waals surface area contributed by atoms with Crippen LogP contribution in [0.5, 0.6) is 0 Å². The standard InChI is InChI=1S/C12H14ClNO4S/c1-19(17,18)8-2-3-10(13)9(5-8)11-4-7(6-14-11)12(15)16/h2-3,5,7,11,14H,4,6H2,1H3,(H,15,16). The molecule has 1 aliphatic heterocycles. The molecular formula is C12H14ClNO4S. The molecule has 1 aromatic rings. The Balaban J connectivity index is 2.33. The van der Waals surface area contributed by atoms with E-state index in [1.54, 1.807) is 0 Å². The average molecular weight is 304 g/mol. The first-order valence-electron chi connectivity index (χ1n) is 5.74. The van der Waals surface area contributed by atoms with Crippen molar-refractivity contribution in [1.29, 1.82) is 0 Å². The molecule has 0 bridgehead atoms. The minimum Gasteiger partial charge on any atom is -0.481 e. The Bertz CT molecular complexity index is 614. The van der Waals surface area contributed by atoms with Crippen LogP contribution < -0.4 is 5.32 Å². The monoisotopic (exact) mass is 303 g/mol. The summed E-state index contributed by atoms with van der Waals surface area (Å²) in [5.41, 5.74) is 0.633. The van der Waals surface area contributed by atoms with Crippen molar-refractivity contribution in [2.75, 3.05) is 12.8 Å². The lowest BCUT2D eigenvalue weighted by atomic mass is 10.0. The van der Waals surface area contributed by atoms with Gasteiger partial charge in [-0.1, -0.05) is 11.6 Å². The Kier molecular flexibility index (Phi) is 3.85. The van der Waals surface area contributed by atoms with Crippen LogP contribution in [0.25, 0.3) is 0 Å². The van der Waals surface area contributed by atoms with Crippen LogP contribution in [-0.2, 0) is 14.6 Å². The summed E-state index contributed by atoms with van der Waals surface area (Å²) in [4.78, 5) is 11.1. The molecular weight excluding hydrogens is 290 g/mol. The van der Waals surface area contributed by atoms with Crippen LogP contribution in [0.4, 0.5) is 0 Å². The highest BCUT2D eigenvalue weighted by molar-refractivity contribution is 7.90. The smallest absolute Gasteiger partial charge is 0.307 e. The number of sulfone groups is 1. The Morgan fingerprint density at radius 1 is 1.47 bits per heavy atom. The highest BCUT2D eigenvalue weighted by Gasteiger charge is 2.31. The van der Waals surface area contributed by atoms with Crippen molar-refractivity contribution in [2.24, 2.45) is 5.92 Å². The molecule has 7 heteroatoms. The molecule has 19 heavy (non-hydrogen) atoms. The highest BCUT2D eigenvalue weighted by atomic mass is 35.5. The number of carboxylic acid groups (broad SMARTS) is 1. The molecule has 1 aromatic carbocycles. The predicted molar refractivity (Wildman–Crippen MR) is 71.0 cm³/mol. The fraction of sp³-hybridized carbons (Fsp3) is 0.417. The van der Waals surface area contributed by atoms with Gasteiger partial charge in [-0.25, -0.2) is 8.42 Å². The van der Waals surface area contributed by atoms with Gasteiger partial charge in [-0.3, -0.25) is 4.79 Å². The fourth-order valence-corrected chi connectivity index (χ4v) is 3.09. The average Bonchev–Trinajstić information content (AvgIpc) is 2.77. The van der Waals surface area contributed by atoms with E-state index in [0.29, 0.717) is 23.6 Å². The maximum absolute atomic E-state index is 11.5. The van der Waals surface area contributed by atoms with Crippen LogP contribution in [0.1, 0.15) is 18.0 Å². The topological polar surface area (TPSA) is 83.5 Å². The van der Waals surface area contributed by atoms with Gasteiger partial charge in [-0.15, -0.1) is 0 Å². The van der Waals surface area contributed by atoms with E-state index in [1.165, 1.54) is 18.2 Å². The second-order valence-corrected chi connectivity index (χ2v) is 7.11. The number of nitrogens with one attached hydrogen (secondary N) is 1. The normalized spacial score (nSPS) is 23.5. The maximum atomic E-state index is 11.5. The van der Waals surface area contributed by atoms with Crippen molar-refractivity contribution >= 4 is 27.4 Å². The minimum atomic E-state index is -3.30. The molecule has 1 aliphatic rings. The fourth-order valence-electron chi connectivity index (χ4n) is 2.18. The Morgan fingerprint density at radius 3 is 2.68 bits per heavy atom. The summed E-state index contributed by atoms with van der Waals surface area (Å²) in [6.07, 6.45) is 1.53. The van der Waals surface area contributed by atoms with Crippen LogP contribution >= 0.6 is 11.6 Å². The largest absolute Gasteiger partial charge is 0.481 e. The van der Waals surface area contributed by atoms with Crippen molar-refractivity contribution in [1.82, 2.24) is 5.32 Å². The number of benzene rings is 1. The Hall–Kier alpha value is -1.11. The first kappa shape index (κ1) is 14.3. The van der Waals surface area contributed by atoms with Crippen molar-refractivity contribution in [2.45, 2.75) is 17.4 Å². The zero-order valence-corrected chi connectivity index (χ0v) is 11.8. The van der Waals surface area contributed by atoms with Gasteiger partial charge in [0.1, 0.15) is 0 Å². The van der Waals surface area contributed by atoms with Crippen molar-refractivity contribution < 1.29 is 18.3 Å². The quantitative estimate of drug-likeness (QED) is 0.883. The summed E-state index contributed by atoms with van der Waals surface area (Å²) < 4.78 is 23.1. The summed E-state index contributed by atoms with van der Waals surface area (Å²) in [6.45, 7) is 0.361. The zero-order chi connectivity index (χ0) is 14.2. The lowest BCUT2D eigenvalue weighted by Crippen LogP contribution is -2.17. The van der Waals surface area contributed by atoms with E-state index in [9.17, 15) is 13.2 Å². The van der Waals surface area contributed by atoms with Gasteiger partial charge in [0, 0.05) is 23.9 Å². The molecule has 1 fully saturated rings. The number of carboxylic acids is 1. The molecule has 0 radical (unpaired) electrons. The highest BCUT2D eigenvalue weighted by Crippen LogP contribution is 2.33. The van der Waals surface area contributed by atoms with E-state index in [2.05, 4.69) is 5.32 Å². The molecule has 5 nitrogen and oxygen atoms in total. The van der Waals surface area contributed by atoms with Gasteiger partial charge >= 0.3 is 5.97 Å². The Morgan fingerprint density at radius 2 is 2.16 bits per heavy atom. The molecule has 0 aromatic heterocycles. The number of rotatable bonds is 3. The number of halogens is 1. The number of carbonyl (C=O) groups is 1. The third kappa shape index (κ3) is 3.08. The molecule has 1 saturated heterocycles. The van der Waals surface area contributed by atoms with Crippen LogP contribution in [0.15, 0.2) is 23.1 Å². The van der Waals surface area contributed by atoms with Crippen LogP contribution in [-0.4, -0.2) is 32.3 Å². The molecule has 2 atom stereocenters. The second-order valence-electron chi connectivity index (χ2n) is 4.69. The lowest BCUT2D eigenvalue weighted by Gasteiger charge is -2.13. The summed E-state index contributed by atoms with van der Waals surface area (Å²) in [6, 6.07) is 4.27. The second kappa shape index (κ2) is 5.11. The first-order chi connectivity index (χ1) is 8.79. The van der Waals surface area contributed by atoms with Gasteiger partial charge in [0.25, 0.3) is 0 Å². The van der Waals surface area contributed by atoms with Crippen LogP contribution in [0.2, 0.25) is 5.02 Å². The molecule has 2 rings (SSSR count). The predicted octanol–water partition coefficient (Wildman–Crippen LogP) is 1.48. The van der Waals surface area contributed by atoms with E-state index in [4.69, 9.17) is 16.7 Å². The van der Waals surface area contributed by atoms with E-state index in [-0.39, 0.29) is 10.9 Å². The molecule has 2 N–H and O–H groups in total. The van der Waals surface area contributed by atoms with E-state index in [1.807, 2.05) is 0 Å². The first-order valence-corrected chi connectivity index (χ1v) is 8.01. The van der Waals surface area contributed by atoms with Crippen molar-refractivity contribution in [3.8, 4) is 0 Å². The third-order valence-corrected chi connectivity index (χ3v) is 4.71. The minimum absolute atomic E-state index is 0.187. The number of hydrogen-bond donors (Lipinski definition) is 2. The summed E-state index contributed by atoms with van der Waals surface area (Å²) in [5.74, 6) is -1.33. The van der Waals surface area contributed by atoms with Gasteiger partial charge < -0.3 is 10.4 Å². The Labute approximate surface area is 116 Å². The maximum Gasteiger partial charge on any atom is 0.307 e. The molecule has 104 valence electrons. The van der Waals surface area contributed by atoms with E-state index < -0.39 is 21.7 Å². The van der Waals surface area contributed by atoms with Gasteiger partial charge in [-0.2, -0.15) is 0 Å². The van der Waals surface area contributed by atoms with Gasteiger partial charge in [0.15, 0.2) is 9.84 Å². The van der Waals surface area contributed by atoms with Gasteiger partial charge in [0.05, 0.1) is 10.8 Å². The summed E-state index contributed by atoms with van der Waals surface area (Å²) in [7, 11) is -3.30. The molecule has 1 heterocycles. The van der Waals surface area contributed by atoms with E-state index in [0.717, 1.165) is 6.26 Å².